The molecule has 5 rings (SSSR count). The molecule has 2 aliphatic rings. The number of aromatic nitrogens is 2. The van der Waals surface area contributed by atoms with Crippen molar-refractivity contribution in [2.45, 2.75) is 31.7 Å². The van der Waals surface area contributed by atoms with Crippen LogP contribution in [0.5, 0.6) is 0 Å². The number of carbonyl (C=O) groups is 1. The van der Waals surface area contributed by atoms with E-state index in [0.717, 1.165) is 33.4 Å². The van der Waals surface area contributed by atoms with Crippen molar-refractivity contribution < 1.29 is 36.6 Å². The van der Waals surface area contributed by atoms with Crippen LogP contribution in [-0.4, -0.2) is 84.5 Å². The molecule has 3 aromatic rings. The Morgan fingerprint density at radius 3 is 2.39 bits per heavy atom. The van der Waals surface area contributed by atoms with Gasteiger partial charge in [-0.25, -0.2) is 13.6 Å². The Hall–Kier alpha value is -3.13. The maximum atomic E-state index is 13.9. The number of carboxylic acid groups (broad SMARTS) is 1. The highest BCUT2D eigenvalue weighted by molar-refractivity contribution is 6.31. The van der Waals surface area contributed by atoms with Crippen molar-refractivity contribution in [2.75, 3.05) is 62.2 Å². The third-order valence-electron chi connectivity index (χ3n) is 7.90. The summed E-state index contributed by atoms with van der Waals surface area (Å²) >= 11 is 6.39. The predicted octanol–water partition coefficient (Wildman–Crippen LogP) is 6.76. The molecule has 0 amide bonds. The summed E-state index contributed by atoms with van der Waals surface area (Å²) in [6, 6.07) is 13.1. The molecule has 2 saturated heterocycles. The van der Waals surface area contributed by atoms with Gasteiger partial charge in [-0.1, -0.05) is 29.8 Å². The lowest BCUT2D eigenvalue weighted by molar-refractivity contribution is -0.325. The van der Waals surface area contributed by atoms with Crippen LogP contribution in [0.3, 0.4) is 0 Å². The zero-order valence-corrected chi connectivity index (χ0v) is 25.1. The maximum Gasteiger partial charge on any atom is 0.522 e. The van der Waals surface area contributed by atoms with Crippen molar-refractivity contribution in [3.63, 3.8) is 0 Å². The number of hydrogen-bond acceptors (Lipinski definition) is 6. The van der Waals surface area contributed by atoms with Gasteiger partial charge in [0.2, 0.25) is 0 Å². The Balaban J connectivity index is 0.00000442. The van der Waals surface area contributed by atoms with E-state index >= 15 is 0 Å². The number of piperazine rings is 1. The maximum absolute atomic E-state index is 13.9. The van der Waals surface area contributed by atoms with E-state index in [2.05, 4.69) is 19.6 Å². The first-order valence-corrected chi connectivity index (χ1v) is 14.3. The van der Waals surface area contributed by atoms with E-state index in [4.69, 9.17) is 11.6 Å². The van der Waals surface area contributed by atoms with Crippen molar-refractivity contribution in [3.05, 3.63) is 64.9 Å². The Labute approximate surface area is 262 Å². The number of aromatic carboxylic acids is 1. The fourth-order valence-corrected chi connectivity index (χ4v) is 5.97. The average Bonchev–Trinajstić information content (AvgIpc) is 3.44. The van der Waals surface area contributed by atoms with Crippen LogP contribution >= 0.6 is 24.0 Å². The summed E-state index contributed by atoms with van der Waals surface area (Å²) in [5.41, 5.74) is 2.59. The van der Waals surface area contributed by atoms with Gasteiger partial charge in [0.15, 0.2) is 0 Å². The molecule has 0 aliphatic carbocycles. The molecule has 0 bridgehead atoms. The highest BCUT2D eigenvalue weighted by Gasteiger charge is 2.32. The molecule has 240 valence electrons. The Kier molecular flexibility index (Phi) is 11.0. The van der Waals surface area contributed by atoms with Crippen LogP contribution in [0.4, 0.5) is 33.3 Å². The number of anilines is 2. The first-order chi connectivity index (χ1) is 20.5. The molecule has 8 nitrogen and oxygen atoms in total. The number of ether oxygens (including phenoxy) is 1. The molecule has 0 spiro atoms. The molecule has 44 heavy (non-hydrogen) atoms. The van der Waals surface area contributed by atoms with Crippen LogP contribution in [0, 0.1) is 0 Å². The van der Waals surface area contributed by atoms with Gasteiger partial charge >= 0.3 is 12.3 Å². The van der Waals surface area contributed by atoms with E-state index in [1.165, 1.54) is 0 Å². The quantitative estimate of drug-likeness (QED) is 0.254. The summed E-state index contributed by atoms with van der Waals surface area (Å²) in [6.07, 6.45) is -5.35. The SMILES string of the molecule is Cl.O=C(O)c1cnn(C2CCCN(c3cc(Cl)ccc3-c3ccc(N4CCN(CCOC(F)(F)F)CC4)cc3)C2)c1C(F)F. The summed E-state index contributed by atoms with van der Waals surface area (Å²) < 4.78 is 69.5. The van der Waals surface area contributed by atoms with Crippen molar-refractivity contribution >= 4 is 41.4 Å². The molecule has 2 aromatic carbocycles. The van der Waals surface area contributed by atoms with E-state index in [0.29, 0.717) is 57.1 Å². The second-order valence-corrected chi connectivity index (χ2v) is 11.0. The smallest absolute Gasteiger partial charge is 0.478 e. The zero-order chi connectivity index (χ0) is 30.7. The molecule has 1 aromatic heterocycles. The second-order valence-electron chi connectivity index (χ2n) is 10.6. The van der Waals surface area contributed by atoms with Crippen LogP contribution in [0.15, 0.2) is 48.7 Å². The van der Waals surface area contributed by atoms with Gasteiger partial charge in [-0.05, 0) is 42.7 Å². The minimum absolute atomic E-state index is 0. The summed E-state index contributed by atoms with van der Waals surface area (Å²) in [5, 5.41) is 13.9. The van der Waals surface area contributed by atoms with Crippen LogP contribution in [0.25, 0.3) is 11.1 Å². The summed E-state index contributed by atoms with van der Waals surface area (Å²) in [5.74, 6) is -1.44. The van der Waals surface area contributed by atoms with Crippen LogP contribution in [0.2, 0.25) is 5.02 Å². The van der Waals surface area contributed by atoms with Crippen molar-refractivity contribution in [2.24, 2.45) is 0 Å². The third-order valence-corrected chi connectivity index (χ3v) is 8.14. The van der Waals surface area contributed by atoms with Gasteiger partial charge in [-0.2, -0.15) is 5.10 Å². The average molecular weight is 665 g/mol. The Bertz CT molecular complexity index is 1420. The van der Waals surface area contributed by atoms with Crippen molar-refractivity contribution in [1.29, 1.82) is 0 Å². The standard InChI is InChI=1S/C29H31ClF5N5O3.ClH/c30-20-5-8-23(19-3-6-21(7-4-19)38-12-10-37(11-13-38)14-15-43-29(33,34)35)25(16-20)39-9-1-2-22(18-39)40-26(27(31)32)24(17-36-40)28(41)42;/h3-8,16-17,22,27H,1-2,9-15,18H2,(H,41,42);1H. The third kappa shape index (κ3) is 7.92. The lowest BCUT2D eigenvalue weighted by Crippen LogP contribution is -2.47. The number of alkyl halides is 5. The highest BCUT2D eigenvalue weighted by Crippen LogP contribution is 2.38. The molecule has 3 heterocycles. The molecule has 2 aliphatic heterocycles. The van der Waals surface area contributed by atoms with Gasteiger partial charge in [0.05, 0.1) is 18.8 Å². The zero-order valence-electron chi connectivity index (χ0n) is 23.5. The second kappa shape index (κ2) is 14.3. The number of halogens is 7. The molecule has 1 N–H and O–H groups in total. The van der Waals surface area contributed by atoms with Gasteiger partial charge in [0, 0.05) is 67.8 Å². The Morgan fingerprint density at radius 2 is 1.75 bits per heavy atom. The number of carboxylic acids is 1. The summed E-state index contributed by atoms with van der Waals surface area (Å²) in [6.45, 7) is 3.43. The number of rotatable bonds is 9. The monoisotopic (exact) mass is 663 g/mol. The Morgan fingerprint density at radius 1 is 1.05 bits per heavy atom. The molecule has 1 atom stereocenters. The molecular formula is C29H32Cl2F5N5O3. The number of nitrogens with zero attached hydrogens (tertiary/aromatic N) is 5. The van der Waals surface area contributed by atoms with Crippen LogP contribution in [0.1, 0.15) is 41.4 Å². The fraction of sp³-hybridized carbons (Fsp3) is 0.448. The molecule has 1 unspecified atom stereocenters. The van der Waals surface area contributed by atoms with Crippen molar-refractivity contribution in [3.8, 4) is 11.1 Å². The number of benzene rings is 2. The van der Waals surface area contributed by atoms with Gasteiger partial charge in [-0.15, -0.1) is 25.6 Å². The lowest BCUT2D eigenvalue weighted by Gasteiger charge is -2.37. The van der Waals surface area contributed by atoms with Gasteiger partial charge in [-0.3, -0.25) is 14.3 Å². The largest absolute Gasteiger partial charge is 0.522 e. The molecular weight excluding hydrogens is 632 g/mol. The van der Waals surface area contributed by atoms with Gasteiger partial charge in [0.1, 0.15) is 11.3 Å². The van der Waals surface area contributed by atoms with E-state index in [1.807, 2.05) is 41.3 Å². The number of hydrogen-bond donors (Lipinski definition) is 1. The molecule has 0 radical (unpaired) electrons. The normalized spacial score (nSPS) is 18.0. The van der Waals surface area contributed by atoms with Crippen molar-refractivity contribution in [1.82, 2.24) is 14.7 Å². The summed E-state index contributed by atoms with van der Waals surface area (Å²) in [7, 11) is 0. The summed E-state index contributed by atoms with van der Waals surface area (Å²) in [4.78, 5) is 17.7. The van der Waals surface area contributed by atoms with Gasteiger partial charge in [0.25, 0.3) is 6.43 Å². The minimum Gasteiger partial charge on any atom is -0.478 e. The first-order valence-electron chi connectivity index (χ1n) is 13.9. The lowest BCUT2D eigenvalue weighted by atomic mass is 9.99. The minimum atomic E-state index is -4.62. The van der Waals surface area contributed by atoms with E-state index < -0.39 is 42.7 Å². The fourth-order valence-electron chi connectivity index (χ4n) is 5.80. The van der Waals surface area contributed by atoms with E-state index in [-0.39, 0.29) is 19.0 Å². The number of piperidine rings is 1. The predicted molar refractivity (Wildman–Crippen MR) is 159 cm³/mol. The van der Waals surface area contributed by atoms with Crippen LogP contribution < -0.4 is 9.80 Å². The van der Waals surface area contributed by atoms with E-state index in [1.54, 1.807) is 6.07 Å². The van der Waals surface area contributed by atoms with Gasteiger partial charge < -0.3 is 14.9 Å². The van der Waals surface area contributed by atoms with E-state index in [9.17, 15) is 31.9 Å². The molecule has 0 saturated carbocycles. The highest BCUT2D eigenvalue weighted by atomic mass is 35.5. The topological polar surface area (TPSA) is 74.1 Å². The first kappa shape index (κ1) is 33.8. The van der Waals surface area contributed by atoms with Crippen LogP contribution in [-0.2, 0) is 4.74 Å². The molecule has 15 heteroatoms. The molecule has 2 fully saturated rings.